The zero-order valence-corrected chi connectivity index (χ0v) is 14.9. The molecule has 22 heavy (non-hydrogen) atoms. The number of carbonyl (C=O) groups excluding carboxylic acids is 1. The average molecular weight is 366 g/mol. The lowest BCUT2D eigenvalue weighted by molar-refractivity contribution is -0.119. The normalized spacial score (nSPS) is 21.3. The monoisotopic (exact) mass is 365 g/mol. The quantitative estimate of drug-likeness (QED) is 0.762. The molecular weight excluding hydrogens is 346 g/mol. The predicted octanol–water partition coefficient (Wildman–Crippen LogP) is 4.14. The zero-order valence-electron chi connectivity index (χ0n) is 13.3. The first-order valence-corrected chi connectivity index (χ1v) is 8.22. The van der Waals surface area contributed by atoms with E-state index in [4.69, 9.17) is 9.15 Å². The summed E-state index contributed by atoms with van der Waals surface area (Å²) in [6.45, 7) is 9.08. The number of benzene rings is 1. The number of fused-ring (bicyclic) bond motifs is 1. The molecule has 0 spiro atoms. The first kappa shape index (κ1) is 15.6. The van der Waals surface area contributed by atoms with E-state index in [9.17, 15) is 4.79 Å². The summed E-state index contributed by atoms with van der Waals surface area (Å²) < 4.78 is 12.7. The van der Waals surface area contributed by atoms with E-state index in [0.717, 1.165) is 21.0 Å². The third kappa shape index (κ3) is 2.79. The van der Waals surface area contributed by atoms with Crippen LogP contribution in [0.5, 0.6) is 0 Å². The van der Waals surface area contributed by atoms with E-state index in [1.165, 1.54) is 0 Å². The maximum atomic E-state index is 12.9. The van der Waals surface area contributed by atoms with Crippen LogP contribution in [0, 0.1) is 6.92 Å². The first-order chi connectivity index (χ1) is 10.3. The molecule has 1 unspecified atom stereocenters. The number of furan rings is 1. The molecule has 1 aliphatic heterocycles. The van der Waals surface area contributed by atoms with Crippen molar-refractivity contribution in [3.8, 4) is 0 Å². The summed E-state index contributed by atoms with van der Waals surface area (Å²) in [6, 6.07) is 5.78. The Balaban J connectivity index is 1.97. The lowest BCUT2D eigenvalue weighted by Gasteiger charge is -2.41. The average Bonchev–Trinajstić information content (AvgIpc) is 2.73. The molecule has 1 amide bonds. The van der Waals surface area contributed by atoms with Crippen molar-refractivity contribution in [2.24, 2.45) is 0 Å². The first-order valence-electron chi connectivity index (χ1n) is 7.42. The summed E-state index contributed by atoms with van der Waals surface area (Å²) in [4.78, 5) is 14.7. The number of carbonyl (C=O) groups is 1. The van der Waals surface area contributed by atoms with E-state index in [0.29, 0.717) is 18.8 Å². The number of ether oxygens (including phenoxy) is 1. The standard InChI is InChI=1S/C17H20BrNO3/c1-10-8-19(9-17(3,4)22-10)16(20)15-11(2)13-7-12(18)5-6-14(13)21-15/h5-7,10H,8-9H2,1-4H3. The lowest BCUT2D eigenvalue weighted by atomic mass is 10.0. The molecule has 1 atom stereocenters. The number of nitrogens with zero attached hydrogens (tertiary/aromatic N) is 1. The minimum Gasteiger partial charge on any atom is -0.451 e. The smallest absolute Gasteiger partial charge is 0.290 e. The van der Waals surface area contributed by atoms with Crippen LogP contribution in [-0.2, 0) is 4.74 Å². The van der Waals surface area contributed by atoms with Crippen LogP contribution >= 0.6 is 15.9 Å². The van der Waals surface area contributed by atoms with Gasteiger partial charge in [0.05, 0.1) is 11.7 Å². The maximum absolute atomic E-state index is 12.9. The van der Waals surface area contributed by atoms with Crippen LogP contribution in [0.3, 0.4) is 0 Å². The van der Waals surface area contributed by atoms with Gasteiger partial charge in [0, 0.05) is 28.5 Å². The SMILES string of the molecule is Cc1c(C(=O)N2CC(C)OC(C)(C)C2)oc2ccc(Br)cc12. The number of halogens is 1. The molecule has 0 radical (unpaired) electrons. The van der Waals surface area contributed by atoms with Crippen LogP contribution in [-0.4, -0.2) is 35.6 Å². The molecule has 2 heterocycles. The molecule has 1 saturated heterocycles. The van der Waals surface area contributed by atoms with Crippen molar-refractivity contribution in [3.05, 3.63) is 34.0 Å². The number of aryl methyl sites for hydroxylation is 1. The van der Waals surface area contributed by atoms with Gasteiger partial charge in [-0.2, -0.15) is 0 Å². The van der Waals surface area contributed by atoms with Gasteiger partial charge in [0.25, 0.3) is 5.91 Å². The minimum absolute atomic E-state index is 0.0199. The lowest BCUT2D eigenvalue weighted by Crippen LogP contribution is -2.53. The highest BCUT2D eigenvalue weighted by Gasteiger charge is 2.35. The second kappa shape index (κ2) is 5.39. The topological polar surface area (TPSA) is 42.7 Å². The molecule has 1 aromatic carbocycles. The Bertz CT molecular complexity index is 735. The van der Waals surface area contributed by atoms with Gasteiger partial charge in [-0.3, -0.25) is 4.79 Å². The fourth-order valence-electron chi connectivity index (χ4n) is 3.15. The van der Waals surface area contributed by atoms with Gasteiger partial charge in [-0.15, -0.1) is 0 Å². The Kier molecular flexibility index (Phi) is 3.81. The highest BCUT2D eigenvalue weighted by atomic mass is 79.9. The summed E-state index contributed by atoms with van der Waals surface area (Å²) >= 11 is 3.46. The van der Waals surface area contributed by atoms with Gasteiger partial charge in [-0.1, -0.05) is 15.9 Å². The van der Waals surface area contributed by atoms with Crippen molar-refractivity contribution >= 4 is 32.8 Å². The van der Waals surface area contributed by atoms with Crippen LogP contribution in [0.1, 0.15) is 36.9 Å². The van der Waals surface area contributed by atoms with Crippen molar-refractivity contribution in [1.82, 2.24) is 4.90 Å². The largest absolute Gasteiger partial charge is 0.451 e. The molecule has 4 nitrogen and oxygen atoms in total. The van der Waals surface area contributed by atoms with Crippen molar-refractivity contribution in [2.75, 3.05) is 13.1 Å². The second-order valence-corrected chi connectivity index (χ2v) is 7.49. The molecule has 2 aromatic rings. The predicted molar refractivity (Wildman–Crippen MR) is 89.2 cm³/mol. The Hall–Kier alpha value is -1.33. The van der Waals surface area contributed by atoms with E-state index >= 15 is 0 Å². The number of morpholine rings is 1. The Morgan fingerprint density at radius 1 is 1.41 bits per heavy atom. The highest BCUT2D eigenvalue weighted by Crippen LogP contribution is 2.30. The molecule has 1 aromatic heterocycles. The van der Waals surface area contributed by atoms with Gasteiger partial charge in [0.1, 0.15) is 5.58 Å². The number of rotatable bonds is 1. The molecule has 3 rings (SSSR count). The van der Waals surface area contributed by atoms with Gasteiger partial charge >= 0.3 is 0 Å². The molecule has 1 fully saturated rings. The van der Waals surface area contributed by atoms with Gasteiger partial charge in [0.2, 0.25) is 0 Å². The molecular formula is C17H20BrNO3. The van der Waals surface area contributed by atoms with Crippen molar-refractivity contribution in [3.63, 3.8) is 0 Å². The third-order valence-electron chi connectivity index (χ3n) is 3.95. The van der Waals surface area contributed by atoms with Crippen LogP contribution in [0.4, 0.5) is 0 Å². The van der Waals surface area contributed by atoms with Gasteiger partial charge in [0.15, 0.2) is 5.76 Å². The van der Waals surface area contributed by atoms with E-state index in [1.54, 1.807) is 0 Å². The van der Waals surface area contributed by atoms with E-state index in [2.05, 4.69) is 15.9 Å². The number of hydrogen-bond donors (Lipinski definition) is 0. The van der Waals surface area contributed by atoms with E-state index < -0.39 is 0 Å². The van der Waals surface area contributed by atoms with Gasteiger partial charge < -0.3 is 14.1 Å². The van der Waals surface area contributed by atoms with Crippen molar-refractivity contribution in [1.29, 1.82) is 0 Å². The van der Waals surface area contributed by atoms with E-state index in [1.807, 2.05) is 50.8 Å². The summed E-state index contributed by atoms with van der Waals surface area (Å²) in [5, 5.41) is 0.971. The molecule has 118 valence electrons. The van der Waals surface area contributed by atoms with Gasteiger partial charge in [-0.05, 0) is 45.9 Å². The molecule has 0 aliphatic carbocycles. The second-order valence-electron chi connectivity index (χ2n) is 6.57. The summed E-state index contributed by atoms with van der Waals surface area (Å²) in [6.07, 6.45) is 0.0199. The summed E-state index contributed by atoms with van der Waals surface area (Å²) in [5.74, 6) is 0.367. The fraction of sp³-hybridized carbons (Fsp3) is 0.471. The molecule has 5 heteroatoms. The Morgan fingerprint density at radius 2 is 2.14 bits per heavy atom. The Labute approximate surface area is 138 Å². The van der Waals surface area contributed by atoms with Gasteiger partial charge in [-0.25, -0.2) is 0 Å². The highest BCUT2D eigenvalue weighted by molar-refractivity contribution is 9.10. The maximum Gasteiger partial charge on any atom is 0.290 e. The number of hydrogen-bond acceptors (Lipinski definition) is 3. The third-order valence-corrected chi connectivity index (χ3v) is 4.44. The molecule has 1 aliphatic rings. The zero-order chi connectivity index (χ0) is 16.1. The Morgan fingerprint density at radius 3 is 2.82 bits per heavy atom. The van der Waals surface area contributed by atoms with Crippen LogP contribution in [0.25, 0.3) is 11.0 Å². The molecule has 0 saturated carbocycles. The minimum atomic E-state index is -0.337. The van der Waals surface area contributed by atoms with Crippen LogP contribution in [0.15, 0.2) is 27.1 Å². The number of amides is 1. The van der Waals surface area contributed by atoms with E-state index in [-0.39, 0.29) is 17.6 Å². The molecule has 0 N–H and O–H groups in total. The fourth-order valence-corrected chi connectivity index (χ4v) is 3.51. The van der Waals surface area contributed by atoms with Crippen molar-refractivity contribution < 1.29 is 13.9 Å². The van der Waals surface area contributed by atoms with Crippen LogP contribution in [0.2, 0.25) is 0 Å². The summed E-state index contributed by atoms with van der Waals surface area (Å²) in [5.41, 5.74) is 1.29. The van der Waals surface area contributed by atoms with Crippen LogP contribution < -0.4 is 0 Å². The summed E-state index contributed by atoms with van der Waals surface area (Å²) in [7, 11) is 0. The van der Waals surface area contributed by atoms with Crippen molar-refractivity contribution in [2.45, 2.75) is 39.4 Å². The molecule has 0 bridgehead atoms.